The number of hydrogen-bond acceptors (Lipinski definition) is 4. The molecule has 0 saturated carbocycles. The van der Waals surface area contributed by atoms with Gasteiger partial charge in [0.15, 0.2) is 0 Å². The van der Waals surface area contributed by atoms with Crippen LogP contribution in [0, 0.1) is 0 Å². The molecule has 1 aliphatic rings. The lowest BCUT2D eigenvalue weighted by Crippen LogP contribution is -2.29. The Bertz CT molecular complexity index is 642. The van der Waals surface area contributed by atoms with Gasteiger partial charge in [-0.15, -0.1) is 0 Å². The number of sulfonamides is 1. The number of nitrogens with one attached hydrogen (secondary N) is 1. The van der Waals surface area contributed by atoms with E-state index in [1.807, 2.05) is 0 Å². The Morgan fingerprint density at radius 2 is 2.05 bits per heavy atom. The molecule has 0 unspecified atom stereocenters. The fourth-order valence-corrected chi connectivity index (χ4v) is 3.74. The molecule has 0 aliphatic carbocycles. The average molecular weight is 391 g/mol. The number of benzene rings is 1. The van der Waals surface area contributed by atoms with Crippen molar-refractivity contribution < 1.29 is 17.9 Å². The van der Waals surface area contributed by atoms with Crippen molar-refractivity contribution in [2.24, 2.45) is 0 Å². The van der Waals surface area contributed by atoms with Gasteiger partial charge in [-0.2, -0.15) is 0 Å². The van der Waals surface area contributed by atoms with Crippen LogP contribution in [0.3, 0.4) is 0 Å². The number of methoxy groups -OCH3 is 1. The normalized spacial score (nSPS) is 15.3. The standard InChI is InChI=1S/C14H19BrN2O4S/c1-21-9-6-16-22(19,20)11-4-5-13(15)12(10-11)14(18)17-7-2-3-8-17/h4-5,10,16H,2-3,6-9H2,1H3. The summed E-state index contributed by atoms with van der Waals surface area (Å²) in [6.07, 6.45) is 1.97. The number of halogens is 1. The summed E-state index contributed by atoms with van der Waals surface area (Å²) < 4.78 is 32.3. The number of likely N-dealkylation sites (tertiary alicyclic amines) is 1. The van der Waals surface area contributed by atoms with Gasteiger partial charge < -0.3 is 9.64 Å². The first-order valence-electron chi connectivity index (χ1n) is 7.03. The van der Waals surface area contributed by atoms with Crippen LogP contribution in [0.1, 0.15) is 23.2 Å². The fourth-order valence-electron chi connectivity index (χ4n) is 2.29. The predicted octanol–water partition coefficient (Wildman–Crippen LogP) is 1.61. The number of amides is 1. The smallest absolute Gasteiger partial charge is 0.255 e. The van der Waals surface area contributed by atoms with Crippen molar-refractivity contribution in [2.75, 3.05) is 33.4 Å². The minimum Gasteiger partial charge on any atom is -0.383 e. The number of rotatable bonds is 6. The van der Waals surface area contributed by atoms with Crippen LogP contribution in [0.5, 0.6) is 0 Å². The quantitative estimate of drug-likeness (QED) is 0.748. The second kappa shape index (κ2) is 7.54. The molecule has 2 rings (SSSR count). The minimum atomic E-state index is -3.65. The maximum atomic E-state index is 12.5. The zero-order chi connectivity index (χ0) is 16.2. The van der Waals surface area contributed by atoms with Crippen LogP contribution in [0.25, 0.3) is 0 Å². The summed E-state index contributed by atoms with van der Waals surface area (Å²) in [7, 11) is -2.15. The van der Waals surface area contributed by atoms with Gasteiger partial charge in [0, 0.05) is 31.2 Å². The van der Waals surface area contributed by atoms with Gasteiger partial charge in [0.05, 0.1) is 17.1 Å². The van der Waals surface area contributed by atoms with E-state index in [0.717, 1.165) is 12.8 Å². The van der Waals surface area contributed by atoms with Crippen LogP contribution in [-0.4, -0.2) is 52.6 Å². The first-order chi connectivity index (χ1) is 10.5. The monoisotopic (exact) mass is 390 g/mol. The molecule has 122 valence electrons. The second-order valence-corrected chi connectivity index (χ2v) is 7.65. The van der Waals surface area contributed by atoms with Crippen molar-refractivity contribution in [3.05, 3.63) is 28.2 Å². The average Bonchev–Trinajstić information content (AvgIpc) is 3.01. The van der Waals surface area contributed by atoms with Crippen molar-refractivity contribution in [1.82, 2.24) is 9.62 Å². The summed E-state index contributed by atoms with van der Waals surface area (Å²) in [5, 5.41) is 0. The molecule has 1 saturated heterocycles. The van der Waals surface area contributed by atoms with Crippen LogP contribution in [0.2, 0.25) is 0 Å². The first-order valence-corrected chi connectivity index (χ1v) is 9.31. The van der Waals surface area contributed by atoms with Crippen LogP contribution < -0.4 is 4.72 Å². The summed E-state index contributed by atoms with van der Waals surface area (Å²) in [6.45, 7) is 1.91. The number of carbonyl (C=O) groups is 1. The lowest BCUT2D eigenvalue weighted by atomic mass is 10.2. The number of carbonyl (C=O) groups excluding carboxylic acids is 1. The first kappa shape index (κ1) is 17.4. The van der Waals surface area contributed by atoms with E-state index in [9.17, 15) is 13.2 Å². The van der Waals surface area contributed by atoms with Crippen molar-refractivity contribution >= 4 is 31.9 Å². The van der Waals surface area contributed by atoms with Gasteiger partial charge in [-0.05, 0) is 47.0 Å². The highest BCUT2D eigenvalue weighted by Crippen LogP contribution is 2.24. The number of hydrogen-bond donors (Lipinski definition) is 1. The van der Waals surface area contributed by atoms with Crippen molar-refractivity contribution in [1.29, 1.82) is 0 Å². The maximum Gasteiger partial charge on any atom is 0.255 e. The van der Waals surface area contributed by atoms with E-state index in [0.29, 0.717) is 23.1 Å². The Morgan fingerprint density at radius 1 is 1.36 bits per heavy atom. The lowest BCUT2D eigenvalue weighted by Gasteiger charge is -2.17. The van der Waals surface area contributed by atoms with Crippen LogP contribution in [0.15, 0.2) is 27.6 Å². The third kappa shape index (κ3) is 4.07. The summed E-state index contributed by atoms with van der Waals surface area (Å²) in [4.78, 5) is 14.3. The molecule has 1 aliphatic heterocycles. The van der Waals surface area contributed by atoms with Crippen LogP contribution >= 0.6 is 15.9 Å². The SMILES string of the molecule is COCCNS(=O)(=O)c1ccc(Br)c(C(=O)N2CCCC2)c1. The molecule has 0 spiro atoms. The van der Waals surface area contributed by atoms with Gasteiger partial charge in [-0.3, -0.25) is 4.79 Å². The largest absolute Gasteiger partial charge is 0.383 e. The molecule has 8 heteroatoms. The Balaban J connectivity index is 2.24. The molecule has 0 bridgehead atoms. The Hall–Kier alpha value is -0.960. The van der Waals surface area contributed by atoms with Crippen molar-refractivity contribution in [3.63, 3.8) is 0 Å². The topological polar surface area (TPSA) is 75.7 Å². The molecule has 1 fully saturated rings. The van der Waals surface area contributed by atoms with Gasteiger partial charge in [-0.25, -0.2) is 13.1 Å². The minimum absolute atomic E-state index is 0.0781. The van der Waals surface area contributed by atoms with Gasteiger partial charge >= 0.3 is 0 Å². The van der Waals surface area contributed by atoms with Crippen molar-refractivity contribution in [2.45, 2.75) is 17.7 Å². The highest BCUT2D eigenvalue weighted by atomic mass is 79.9. The van der Waals surface area contributed by atoms with Gasteiger partial charge in [0.1, 0.15) is 0 Å². The molecule has 1 heterocycles. The van der Waals surface area contributed by atoms with Gasteiger partial charge in [-0.1, -0.05) is 0 Å². The zero-order valence-corrected chi connectivity index (χ0v) is 14.7. The van der Waals surface area contributed by atoms with Crippen LogP contribution in [-0.2, 0) is 14.8 Å². The molecule has 1 N–H and O–H groups in total. The molecule has 1 aromatic rings. The second-order valence-electron chi connectivity index (χ2n) is 5.03. The van der Waals surface area contributed by atoms with E-state index in [-0.39, 0.29) is 24.0 Å². The fraction of sp³-hybridized carbons (Fsp3) is 0.500. The number of ether oxygens (including phenoxy) is 1. The molecule has 1 aromatic carbocycles. The molecule has 6 nitrogen and oxygen atoms in total. The summed E-state index contributed by atoms with van der Waals surface area (Å²) in [5.74, 6) is -0.140. The van der Waals surface area contributed by atoms with E-state index in [2.05, 4.69) is 20.7 Å². The summed E-state index contributed by atoms with van der Waals surface area (Å²) in [6, 6.07) is 4.48. The third-order valence-corrected chi connectivity index (χ3v) is 5.62. The van der Waals surface area contributed by atoms with Crippen LogP contribution in [0.4, 0.5) is 0 Å². The van der Waals surface area contributed by atoms with Crippen molar-refractivity contribution in [3.8, 4) is 0 Å². The van der Waals surface area contributed by atoms with E-state index >= 15 is 0 Å². The van der Waals surface area contributed by atoms with E-state index in [4.69, 9.17) is 4.74 Å². The molecule has 1 amide bonds. The molecule has 0 aromatic heterocycles. The Morgan fingerprint density at radius 3 is 2.68 bits per heavy atom. The lowest BCUT2D eigenvalue weighted by molar-refractivity contribution is 0.0791. The van der Waals surface area contributed by atoms with Gasteiger partial charge in [0.25, 0.3) is 5.91 Å². The van der Waals surface area contributed by atoms with E-state index in [1.165, 1.54) is 19.2 Å². The highest BCUT2D eigenvalue weighted by molar-refractivity contribution is 9.10. The molecule has 0 atom stereocenters. The zero-order valence-electron chi connectivity index (χ0n) is 12.3. The molecule has 0 radical (unpaired) electrons. The van der Waals surface area contributed by atoms with E-state index in [1.54, 1.807) is 11.0 Å². The van der Waals surface area contributed by atoms with Gasteiger partial charge in [0.2, 0.25) is 10.0 Å². The predicted molar refractivity (Wildman–Crippen MR) is 86.3 cm³/mol. The molecule has 22 heavy (non-hydrogen) atoms. The maximum absolute atomic E-state index is 12.5. The molecular formula is C14H19BrN2O4S. The Labute approximate surface area is 139 Å². The third-order valence-electron chi connectivity index (χ3n) is 3.47. The number of nitrogens with zero attached hydrogens (tertiary/aromatic N) is 1. The van der Waals surface area contributed by atoms with E-state index < -0.39 is 10.0 Å². The highest BCUT2D eigenvalue weighted by Gasteiger charge is 2.23. The summed E-state index contributed by atoms with van der Waals surface area (Å²) in [5.41, 5.74) is 0.372. The Kier molecular flexibility index (Phi) is 5.96. The molecular weight excluding hydrogens is 372 g/mol. The summed E-state index contributed by atoms with van der Waals surface area (Å²) >= 11 is 3.33.